The van der Waals surface area contributed by atoms with Gasteiger partial charge < -0.3 is 9.52 Å². The van der Waals surface area contributed by atoms with E-state index in [2.05, 4.69) is 65.3 Å². The molecule has 1 N–H and O–H groups in total. The molecule has 274 valence electrons. The Morgan fingerprint density at radius 3 is 1.93 bits per heavy atom. The number of carboxylic acid groups (broad SMARTS) is 1. The van der Waals surface area contributed by atoms with Crippen molar-refractivity contribution < 1.29 is 14.3 Å². The maximum absolute atomic E-state index is 12.8. The minimum Gasteiger partial charge on any atom is -0.477 e. The van der Waals surface area contributed by atoms with Crippen LogP contribution in [0.25, 0.3) is 33.6 Å². The fourth-order valence-electron chi connectivity index (χ4n) is 7.84. The van der Waals surface area contributed by atoms with Gasteiger partial charge in [0.1, 0.15) is 5.69 Å². The molecule has 4 aromatic carbocycles. The average Bonchev–Trinajstić information content (AvgIpc) is 3.94. The fraction of sp³-hybridized carbons (Fsp3) is 0.178. The Labute approximate surface area is 327 Å². The van der Waals surface area contributed by atoms with E-state index in [9.17, 15) is 9.90 Å². The summed E-state index contributed by atoms with van der Waals surface area (Å²) in [5.41, 5.74) is 9.15. The summed E-state index contributed by atoms with van der Waals surface area (Å²) in [7, 11) is 0. The predicted octanol–water partition coefficient (Wildman–Crippen LogP) is 10.2. The number of carboxylic acids is 1. The second kappa shape index (κ2) is 15.3. The minimum absolute atomic E-state index is 0.225. The van der Waals surface area contributed by atoms with Gasteiger partial charge in [0.15, 0.2) is 5.54 Å². The maximum Gasteiger partial charge on any atom is 0.354 e. The minimum atomic E-state index is -0.987. The van der Waals surface area contributed by atoms with Gasteiger partial charge in [0, 0.05) is 39.7 Å². The summed E-state index contributed by atoms with van der Waals surface area (Å²) in [4.78, 5) is 14.6. The molecule has 2 aliphatic rings. The highest BCUT2D eigenvalue weighted by Crippen LogP contribution is 2.49. The predicted molar refractivity (Wildman–Crippen MR) is 216 cm³/mol. The van der Waals surface area contributed by atoms with Crippen LogP contribution < -0.4 is 0 Å². The molecule has 0 unspecified atom stereocenters. The normalized spacial score (nSPS) is 11.7. The van der Waals surface area contributed by atoms with Crippen LogP contribution in [-0.2, 0) is 24.9 Å². The highest BCUT2D eigenvalue weighted by Gasteiger charge is 2.41. The van der Waals surface area contributed by atoms with Gasteiger partial charge in [-0.05, 0) is 80.4 Å². The molecule has 0 saturated heterocycles. The molecule has 6 aromatic rings. The molecular formula is C45H39BrN6O3. The molecule has 10 heteroatoms. The van der Waals surface area contributed by atoms with E-state index in [0.29, 0.717) is 25.2 Å². The lowest BCUT2D eigenvalue weighted by Crippen LogP contribution is -2.39. The molecule has 0 atom stereocenters. The summed E-state index contributed by atoms with van der Waals surface area (Å²) in [6, 6.07) is 40.8. The molecule has 1 aliphatic carbocycles. The topological polar surface area (TPSA) is 112 Å². The Kier molecular flexibility index (Phi) is 9.99. The summed E-state index contributed by atoms with van der Waals surface area (Å²) < 4.78 is 8.14. The number of hydrogen-bond acceptors (Lipinski definition) is 6. The lowest BCUT2D eigenvalue weighted by Gasteiger charge is -2.34. The zero-order valence-electron chi connectivity index (χ0n) is 30.6. The molecule has 8 rings (SSSR count). The number of aromatic nitrogens is 6. The monoisotopic (exact) mass is 790 g/mol. The van der Waals surface area contributed by atoms with Gasteiger partial charge in [0.05, 0.1) is 18.2 Å². The number of aromatic carboxylic acids is 1. The number of nitrogens with zero attached hydrogens (tertiary/aromatic N) is 6. The highest BCUT2D eigenvalue weighted by atomic mass is 79.9. The van der Waals surface area contributed by atoms with E-state index in [1.54, 1.807) is 22.0 Å². The van der Waals surface area contributed by atoms with Crippen molar-refractivity contribution in [1.82, 2.24) is 30.0 Å². The van der Waals surface area contributed by atoms with E-state index in [1.165, 1.54) is 0 Å². The van der Waals surface area contributed by atoms with Gasteiger partial charge in [-0.3, -0.25) is 4.68 Å². The van der Waals surface area contributed by atoms with E-state index in [-0.39, 0.29) is 5.69 Å². The summed E-state index contributed by atoms with van der Waals surface area (Å²) in [6.45, 7) is 4.51. The van der Waals surface area contributed by atoms with Crippen molar-refractivity contribution >= 4 is 21.9 Å². The number of aryl methyl sites for hydroxylation is 2. The molecule has 9 nitrogen and oxygen atoms in total. The van der Waals surface area contributed by atoms with Crippen molar-refractivity contribution in [3.8, 4) is 33.6 Å². The van der Waals surface area contributed by atoms with E-state index in [0.717, 1.165) is 78.6 Å². The van der Waals surface area contributed by atoms with Crippen molar-refractivity contribution in [3.63, 3.8) is 0 Å². The lowest BCUT2D eigenvalue weighted by atomic mass is 9.77. The molecule has 1 aliphatic heterocycles. The molecule has 0 radical (unpaired) electrons. The molecule has 0 fully saturated rings. The van der Waals surface area contributed by atoms with Crippen molar-refractivity contribution in [2.45, 2.75) is 51.6 Å². The Bertz CT molecular complexity index is 2450. The van der Waals surface area contributed by atoms with Gasteiger partial charge in [-0.25, -0.2) is 4.79 Å². The van der Waals surface area contributed by atoms with Crippen molar-refractivity contribution in [1.29, 1.82) is 0 Å². The largest absolute Gasteiger partial charge is 0.477 e. The molecule has 0 bridgehead atoms. The van der Waals surface area contributed by atoms with E-state index in [4.69, 9.17) is 24.9 Å². The van der Waals surface area contributed by atoms with Crippen LogP contribution in [0.4, 0.5) is 0 Å². The first-order valence-corrected chi connectivity index (χ1v) is 19.3. The summed E-state index contributed by atoms with van der Waals surface area (Å²) in [6.07, 6.45) is 6.31. The first kappa shape index (κ1) is 35.9. The number of carbonyl (C=O) groups is 1. The van der Waals surface area contributed by atoms with E-state index >= 15 is 0 Å². The van der Waals surface area contributed by atoms with Gasteiger partial charge in [-0.15, -0.1) is 15.0 Å². The van der Waals surface area contributed by atoms with Gasteiger partial charge in [0.25, 0.3) is 0 Å². The van der Waals surface area contributed by atoms with Gasteiger partial charge in [-0.1, -0.05) is 129 Å². The van der Waals surface area contributed by atoms with Gasteiger partial charge in [-0.2, -0.15) is 5.10 Å². The Balaban J connectivity index is 1.34. The van der Waals surface area contributed by atoms with Crippen LogP contribution in [0.3, 0.4) is 0 Å². The quantitative estimate of drug-likeness (QED) is 0.116. The van der Waals surface area contributed by atoms with Gasteiger partial charge >= 0.3 is 5.97 Å². The number of benzene rings is 4. The Morgan fingerprint density at radius 1 is 0.745 bits per heavy atom. The Morgan fingerprint density at radius 2 is 1.35 bits per heavy atom. The molecule has 2 aromatic heterocycles. The van der Waals surface area contributed by atoms with Crippen LogP contribution in [0.2, 0.25) is 0 Å². The Hall–Kier alpha value is -6.13. The van der Waals surface area contributed by atoms with Crippen LogP contribution in [0.15, 0.2) is 143 Å². The maximum atomic E-state index is 12.8. The van der Waals surface area contributed by atoms with Gasteiger partial charge in [0.2, 0.25) is 5.82 Å². The van der Waals surface area contributed by atoms with Crippen LogP contribution >= 0.6 is 15.9 Å². The lowest BCUT2D eigenvalue weighted by molar-refractivity contribution is 0.0682. The van der Waals surface area contributed by atoms with Crippen molar-refractivity contribution in [2.75, 3.05) is 0 Å². The zero-order valence-corrected chi connectivity index (χ0v) is 32.1. The number of unbranched alkanes of at least 4 members (excludes halogenated alkanes) is 1. The van der Waals surface area contributed by atoms with Crippen LogP contribution in [0, 0.1) is 0 Å². The molecule has 0 spiro atoms. The second-order valence-electron chi connectivity index (χ2n) is 13.5. The molecule has 55 heavy (non-hydrogen) atoms. The third-order valence-electron chi connectivity index (χ3n) is 10.4. The zero-order chi connectivity index (χ0) is 37.9. The summed E-state index contributed by atoms with van der Waals surface area (Å²) in [5.74, 6) is -0.539. The fourth-order valence-corrected chi connectivity index (χ4v) is 8.60. The molecule has 0 saturated carbocycles. The SMILES string of the molecule is CCCCc1nn(CC)c(C(=O)O)c1Cc1c2ccocc-2c(Br)c1-c1ccccc1-c1nnn(C(c2ccccc2)(c2ccccc2)c2ccccc2)n1. The number of halogens is 1. The smallest absolute Gasteiger partial charge is 0.354 e. The number of fused-ring (bicyclic) bond motifs is 1. The molecule has 0 amide bonds. The van der Waals surface area contributed by atoms with Crippen LogP contribution in [-0.4, -0.2) is 41.1 Å². The average molecular weight is 792 g/mol. The summed E-state index contributed by atoms with van der Waals surface area (Å²) in [5, 5.41) is 30.2. The third-order valence-corrected chi connectivity index (χ3v) is 11.2. The number of rotatable bonds is 13. The van der Waals surface area contributed by atoms with Crippen molar-refractivity contribution in [2.24, 2.45) is 0 Å². The van der Waals surface area contributed by atoms with E-state index in [1.807, 2.05) is 85.8 Å². The number of hydrogen-bond donors (Lipinski definition) is 1. The van der Waals surface area contributed by atoms with Crippen molar-refractivity contribution in [3.05, 3.63) is 178 Å². The van der Waals surface area contributed by atoms with Crippen LogP contribution in [0.5, 0.6) is 0 Å². The highest BCUT2D eigenvalue weighted by molar-refractivity contribution is 9.10. The standard InChI is InChI=1S/C45H39BrN6O3/c1-3-5-25-39-37(42(44(53)54)51(4-2)48-39)28-36-33-26-27-55-29-38(33)41(46)40(36)34-23-15-16-24-35(34)43-47-50-52(49-43)45(30-17-9-6-10-18-30,31-19-11-7-12-20-31)32-21-13-8-14-22-32/h6-24,26-27,29H,3-5,25,28H2,1-2H3,(H,53,54). The molecular weight excluding hydrogens is 752 g/mol. The molecule has 3 heterocycles. The van der Waals surface area contributed by atoms with E-state index < -0.39 is 11.5 Å². The third kappa shape index (κ3) is 6.26. The van der Waals surface area contributed by atoms with Crippen LogP contribution in [0.1, 0.15) is 70.7 Å². The number of tetrazole rings is 1. The first-order chi connectivity index (χ1) is 27.0. The second-order valence-corrected chi connectivity index (χ2v) is 14.3. The summed E-state index contributed by atoms with van der Waals surface area (Å²) >= 11 is 3.96. The first-order valence-electron chi connectivity index (χ1n) is 18.5.